The average Bonchev–Trinajstić information content (AvgIpc) is 3.03. The van der Waals surface area contributed by atoms with Crippen LogP contribution in [0.3, 0.4) is 0 Å². The summed E-state index contributed by atoms with van der Waals surface area (Å²) >= 11 is 0. The van der Waals surface area contributed by atoms with Gasteiger partial charge in [0, 0.05) is 13.1 Å². The number of nitrogens with zero attached hydrogens (tertiary/aromatic N) is 2. The summed E-state index contributed by atoms with van der Waals surface area (Å²) in [4.78, 5) is 0. The van der Waals surface area contributed by atoms with Crippen LogP contribution in [0, 0.1) is 5.92 Å². The monoisotopic (exact) mass is 263 g/mol. The molecule has 1 aromatic rings. The van der Waals surface area contributed by atoms with Gasteiger partial charge in [0.05, 0.1) is 11.4 Å². The Bertz CT molecular complexity index is 377. The van der Waals surface area contributed by atoms with Gasteiger partial charge in [0.25, 0.3) is 0 Å². The summed E-state index contributed by atoms with van der Waals surface area (Å²) in [6.07, 6.45) is 9.19. The molecule has 19 heavy (non-hydrogen) atoms. The third kappa shape index (κ3) is 3.82. The van der Waals surface area contributed by atoms with E-state index in [-0.39, 0.29) is 0 Å². The van der Waals surface area contributed by atoms with E-state index in [4.69, 9.17) is 0 Å². The summed E-state index contributed by atoms with van der Waals surface area (Å²) in [5.41, 5.74) is 2.59. The zero-order chi connectivity index (χ0) is 13.7. The van der Waals surface area contributed by atoms with E-state index in [1.165, 1.54) is 49.9 Å². The summed E-state index contributed by atoms with van der Waals surface area (Å²) in [6, 6.07) is 2.78. The van der Waals surface area contributed by atoms with E-state index in [0.717, 1.165) is 18.9 Å². The highest BCUT2D eigenvalue weighted by molar-refractivity contribution is 5.14. The molecule has 1 aliphatic rings. The smallest absolute Gasteiger partial charge is 0.0625 e. The van der Waals surface area contributed by atoms with E-state index in [2.05, 4.69) is 42.1 Å². The highest BCUT2D eigenvalue weighted by atomic mass is 15.3. The molecule has 0 amide bonds. The number of rotatable bonds is 7. The van der Waals surface area contributed by atoms with Crippen molar-refractivity contribution in [2.45, 2.75) is 64.8 Å². The molecule has 0 bridgehead atoms. The highest BCUT2D eigenvalue weighted by Gasteiger charge is 2.23. The Kier molecular flexibility index (Phi) is 5.44. The summed E-state index contributed by atoms with van der Waals surface area (Å²) in [6.45, 7) is 5.52. The van der Waals surface area contributed by atoms with Crippen LogP contribution in [0.2, 0.25) is 0 Å². The second-order valence-electron chi connectivity index (χ2n) is 5.93. The molecule has 1 aliphatic carbocycles. The Morgan fingerprint density at radius 3 is 2.68 bits per heavy atom. The maximum Gasteiger partial charge on any atom is 0.0625 e. The summed E-state index contributed by atoms with van der Waals surface area (Å²) < 4.78 is 2.08. The van der Waals surface area contributed by atoms with Crippen LogP contribution in [0.25, 0.3) is 0 Å². The molecule has 0 aromatic carbocycles. The predicted molar refractivity (Wildman–Crippen MR) is 80.2 cm³/mol. The Morgan fingerprint density at radius 1 is 1.37 bits per heavy atom. The van der Waals surface area contributed by atoms with Crippen molar-refractivity contribution in [1.29, 1.82) is 0 Å². The SMILES string of the molecule is CCCNC(CC1CCCC1)c1cc(CC)nn1C. The minimum atomic E-state index is 0.487. The maximum absolute atomic E-state index is 4.61. The number of aryl methyl sites for hydroxylation is 2. The fraction of sp³-hybridized carbons (Fsp3) is 0.812. The maximum atomic E-state index is 4.61. The van der Waals surface area contributed by atoms with E-state index in [9.17, 15) is 0 Å². The van der Waals surface area contributed by atoms with Crippen molar-refractivity contribution in [2.24, 2.45) is 13.0 Å². The van der Waals surface area contributed by atoms with Gasteiger partial charge >= 0.3 is 0 Å². The van der Waals surface area contributed by atoms with Crippen molar-refractivity contribution in [2.75, 3.05) is 6.54 Å². The van der Waals surface area contributed by atoms with Crippen LogP contribution in [0.1, 0.15) is 69.8 Å². The molecule has 1 unspecified atom stereocenters. The molecular formula is C16H29N3. The third-order valence-electron chi connectivity index (χ3n) is 4.37. The van der Waals surface area contributed by atoms with Gasteiger partial charge in [0.15, 0.2) is 0 Å². The molecule has 1 fully saturated rings. The van der Waals surface area contributed by atoms with Crippen LogP contribution < -0.4 is 5.32 Å². The Balaban J connectivity index is 2.07. The number of aromatic nitrogens is 2. The first-order valence-corrected chi connectivity index (χ1v) is 8.00. The normalized spacial score (nSPS) is 18.1. The van der Waals surface area contributed by atoms with Crippen molar-refractivity contribution in [1.82, 2.24) is 15.1 Å². The van der Waals surface area contributed by atoms with E-state index in [1.54, 1.807) is 0 Å². The lowest BCUT2D eigenvalue weighted by molar-refractivity contribution is 0.380. The first kappa shape index (κ1) is 14.6. The van der Waals surface area contributed by atoms with Crippen LogP contribution in [-0.4, -0.2) is 16.3 Å². The third-order valence-corrected chi connectivity index (χ3v) is 4.37. The first-order chi connectivity index (χ1) is 9.24. The van der Waals surface area contributed by atoms with Crippen LogP contribution in [0.4, 0.5) is 0 Å². The molecule has 1 N–H and O–H groups in total. The van der Waals surface area contributed by atoms with Crippen LogP contribution in [0.15, 0.2) is 6.07 Å². The molecule has 0 radical (unpaired) electrons. The topological polar surface area (TPSA) is 29.9 Å². The number of hydrogen-bond acceptors (Lipinski definition) is 2. The van der Waals surface area contributed by atoms with Gasteiger partial charge in [-0.25, -0.2) is 0 Å². The van der Waals surface area contributed by atoms with Gasteiger partial charge < -0.3 is 5.32 Å². The largest absolute Gasteiger partial charge is 0.309 e. The van der Waals surface area contributed by atoms with Crippen LogP contribution >= 0.6 is 0 Å². The fourth-order valence-electron chi connectivity index (χ4n) is 3.25. The van der Waals surface area contributed by atoms with Gasteiger partial charge in [-0.3, -0.25) is 4.68 Å². The van der Waals surface area contributed by atoms with Crippen LogP contribution in [-0.2, 0) is 13.5 Å². The van der Waals surface area contributed by atoms with Gasteiger partial charge in [0.2, 0.25) is 0 Å². The minimum Gasteiger partial charge on any atom is -0.309 e. The van der Waals surface area contributed by atoms with Gasteiger partial charge in [-0.05, 0) is 37.8 Å². The Labute approximate surface area is 117 Å². The van der Waals surface area contributed by atoms with E-state index in [1.807, 2.05) is 0 Å². The van der Waals surface area contributed by atoms with Gasteiger partial charge in [-0.1, -0.05) is 39.5 Å². The standard InChI is InChI=1S/C16H29N3/c1-4-10-17-15(11-13-8-6-7-9-13)16-12-14(5-2)18-19(16)3/h12-13,15,17H,4-11H2,1-3H3. The molecule has 108 valence electrons. The molecule has 0 spiro atoms. The Morgan fingerprint density at radius 2 is 2.11 bits per heavy atom. The first-order valence-electron chi connectivity index (χ1n) is 8.00. The molecule has 3 heteroatoms. The highest BCUT2D eigenvalue weighted by Crippen LogP contribution is 2.33. The van der Waals surface area contributed by atoms with E-state index < -0.39 is 0 Å². The lowest BCUT2D eigenvalue weighted by atomic mass is 9.96. The quantitative estimate of drug-likeness (QED) is 0.814. The zero-order valence-electron chi connectivity index (χ0n) is 12.8. The summed E-state index contributed by atoms with van der Waals surface area (Å²) in [5, 5.41) is 8.34. The molecular weight excluding hydrogens is 234 g/mol. The number of hydrogen-bond donors (Lipinski definition) is 1. The van der Waals surface area contributed by atoms with Gasteiger partial charge in [0.1, 0.15) is 0 Å². The van der Waals surface area contributed by atoms with Crippen molar-refractivity contribution >= 4 is 0 Å². The molecule has 1 aromatic heterocycles. The summed E-state index contributed by atoms with van der Waals surface area (Å²) in [5.74, 6) is 0.911. The lowest BCUT2D eigenvalue weighted by Crippen LogP contribution is -2.26. The predicted octanol–water partition coefficient (Wildman–Crippen LogP) is 3.60. The molecule has 0 aliphatic heterocycles. The molecule has 2 rings (SSSR count). The molecule has 3 nitrogen and oxygen atoms in total. The number of nitrogens with one attached hydrogen (secondary N) is 1. The fourth-order valence-corrected chi connectivity index (χ4v) is 3.25. The van der Waals surface area contributed by atoms with Gasteiger partial charge in [-0.15, -0.1) is 0 Å². The van der Waals surface area contributed by atoms with Crippen molar-refractivity contribution in [3.05, 3.63) is 17.5 Å². The van der Waals surface area contributed by atoms with Crippen LogP contribution in [0.5, 0.6) is 0 Å². The summed E-state index contributed by atoms with van der Waals surface area (Å²) in [7, 11) is 2.09. The second-order valence-corrected chi connectivity index (χ2v) is 5.93. The van der Waals surface area contributed by atoms with E-state index in [0.29, 0.717) is 6.04 Å². The molecule has 1 saturated carbocycles. The average molecular weight is 263 g/mol. The second kappa shape index (κ2) is 7.09. The minimum absolute atomic E-state index is 0.487. The van der Waals surface area contributed by atoms with Gasteiger partial charge in [-0.2, -0.15) is 5.10 Å². The Hall–Kier alpha value is -0.830. The molecule has 1 atom stereocenters. The van der Waals surface area contributed by atoms with Crippen molar-refractivity contribution in [3.8, 4) is 0 Å². The van der Waals surface area contributed by atoms with Crippen molar-refractivity contribution < 1.29 is 0 Å². The van der Waals surface area contributed by atoms with Crippen molar-refractivity contribution in [3.63, 3.8) is 0 Å². The van der Waals surface area contributed by atoms with E-state index >= 15 is 0 Å². The molecule has 1 heterocycles. The zero-order valence-corrected chi connectivity index (χ0v) is 12.8. The lowest BCUT2D eigenvalue weighted by Gasteiger charge is -2.22. The molecule has 0 saturated heterocycles.